The van der Waals surface area contributed by atoms with Crippen molar-refractivity contribution in [2.24, 2.45) is 4.99 Å². The molecule has 2 aromatic rings. The molecule has 0 unspecified atom stereocenters. The Kier molecular flexibility index (Phi) is 4.95. The fourth-order valence-electron chi connectivity index (χ4n) is 2.25. The first-order valence-electron chi connectivity index (χ1n) is 7.39. The molecule has 1 aliphatic heterocycles. The van der Waals surface area contributed by atoms with Crippen LogP contribution in [0.3, 0.4) is 0 Å². The molecule has 1 aliphatic rings. The van der Waals surface area contributed by atoms with E-state index in [0.29, 0.717) is 27.3 Å². The highest BCUT2D eigenvalue weighted by atomic mass is 32.2. The van der Waals surface area contributed by atoms with Crippen LogP contribution in [0.5, 0.6) is 17.2 Å². The molecule has 1 fully saturated rings. The monoisotopic (exact) mass is 356 g/mol. The summed E-state index contributed by atoms with van der Waals surface area (Å²) in [7, 11) is 3.15. The molecule has 0 bridgehead atoms. The van der Waals surface area contributed by atoms with Crippen LogP contribution >= 0.6 is 11.8 Å². The SMILES string of the molecule is COc1ccc(OC)c(C=C2SC(=Nc3cccc(O)c3)NC2=O)c1. The van der Waals surface area contributed by atoms with Gasteiger partial charge in [0.1, 0.15) is 17.2 Å². The summed E-state index contributed by atoms with van der Waals surface area (Å²) in [6.45, 7) is 0. The van der Waals surface area contributed by atoms with Crippen molar-refractivity contribution in [3.63, 3.8) is 0 Å². The predicted molar refractivity (Wildman–Crippen MR) is 98.5 cm³/mol. The predicted octanol–water partition coefficient (Wildman–Crippen LogP) is 3.30. The molecule has 0 spiro atoms. The van der Waals surface area contributed by atoms with E-state index < -0.39 is 0 Å². The van der Waals surface area contributed by atoms with Gasteiger partial charge in [0.05, 0.1) is 24.8 Å². The lowest BCUT2D eigenvalue weighted by molar-refractivity contribution is -0.115. The van der Waals surface area contributed by atoms with Crippen LogP contribution in [0.4, 0.5) is 5.69 Å². The van der Waals surface area contributed by atoms with Gasteiger partial charge in [0.25, 0.3) is 5.91 Å². The van der Waals surface area contributed by atoms with Crippen LogP contribution in [0.1, 0.15) is 5.56 Å². The zero-order valence-electron chi connectivity index (χ0n) is 13.6. The third kappa shape index (κ3) is 3.95. The summed E-state index contributed by atoms with van der Waals surface area (Å²) in [6, 6.07) is 11.9. The van der Waals surface area contributed by atoms with Crippen molar-refractivity contribution in [2.45, 2.75) is 0 Å². The zero-order valence-corrected chi connectivity index (χ0v) is 14.5. The first-order valence-corrected chi connectivity index (χ1v) is 8.21. The molecule has 0 atom stereocenters. The number of ether oxygens (including phenoxy) is 2. The number of nitrogens with one attached hydrogen (secondary N) is 1. The van der Waals surface area contributed by atoms with Gasteiger partial charge in [0.15, 0.2) is 5.17 Å². The number of methoxy groups -OCH3 is 2. The minimum Gasteiger partial charge on any atom is -0.508 e. The molecular weight excluding hydrogens is 340 g/mol. The number of hydrogen-bond acceptors (Lipinski definition) is 6. The number of phenolic OH excluding ortho intramolecular Hbond substituents is 1. The van der Waals surface area contributed by atoms with Crippen LogP contribution in [0, 0.1) is 0 Å². The molecule has 1 heterocycles. The smallest absolute Gasteiger partial charge is 0.264 e. The number of phenols is 1. The van der Waals surface area contributed by atoms with E-state index in [9.17, 15) is 9.90 Å². The maximum Gasteiger partial charge on any atom is 0.264 e. The van der Waals surface area contributed by atoms with E-state index in [2.05, 4.69) is 10.3 Å². The summed E-state index contributed by atoms with van der Waals surface area (Å²) in [5, 5.41) is 12.7. The summed E-state index contributed by atoms with van der Waals surface area (Å²) in [5.41, 5.74) is 1.29. The van der Waals surface area contributed by atoms with E-state index >= 15 is 0 Å². The van der Waals surface area contributed by atoms with Gasteiger partial charge in [-0.15, -0.1) is 0 Å². The Hall–Kier alpha value is -2.93. The molecule has 6 nitrogen and oxygen atoms in total. The van der Waals surface area contributed by atoms with Gasteiger partial charge in [-0.25, -0.2) is 4.99 Å². The summed E-state index contributed by atoms with van der Waals surface area (Å²) in [4.78, 5) is 17.0. The lowest BCUT2D eigenvalue weighted by atomic mass is 10.1. The molecule has 1 saturated heterocycles. The third-order valence-electron chi connectivity index (χ3n) is 3.43. The minimum absolute atomic E-state index is 0.119. The fraction of sp³-hybridized carbons (Fsp3) is 0.111. The number of rotatable bonds is 4. The molecule has 1 amide bonds. The molecule has 3 rings (SSSR count). The van der Waals surface area contributed by atoms with Crippen LogP contribution < -0.4 is 14.8 Å². The number of aromatic hydroxyl groups is 1. The second-order valence-electron chi connectivity index (χ2n) is 5.11. The quantitative estimate of drug-likeness (QED) is 0.822. The van der Waals surface area contributed by atoms with Crippen LogP contribution in [0.2, 0.25) is 0 Å². The minimum atomic E-state index is -0.242. The van der Waals surface area contributed by atoms with Crippen LogP contribution in [-0.2, 0) is 4.79 Å². The van der Waals surface area contributed by atoms with E-state index in [1.165, 1.54) is 17.8 Å². The molecule has 2 N–H and O–H groups in total. The molecule has 0 aromatic heterocycles. The van der Waals surface area contributed by atoms with Crippen molar-refractivity contribution >= 4 is 34.6 Å². The van der Waals surface area contributed by atoms with Gasteiger partial charge in [-0.2, -0.15) is 0 Å². The van der Waals surface area contributed by atoms with E-state index in [0.717, 1.165) is 5.56 Å². The zero-order chi connectivity index (χ0) is 17.8. The molecule has 7 heteroatoms. The molecule has 2 aromatic carbocycles. The number of carbonyl (C=O) groups is 1. The van der Waals surface area contributed by atoms with Gasteiger partial charge in [-0.3, -0.25) is 4.79 Å². The van der Waals surface area contributed by atoms with Gasteiger partial charge < -0.3 is 19.9 Å². The van der Waals surface area contributed by atoms with Crippen molar-refractivity contribution in [1.82, 2.24) is 5.32 Å². The number of aliphatic imine (C=N–C) groups is 1. The summed E-state index contributed by atoms with van der Waals surface area (Å²) >= 11 is 1.22. The highest BCUT2D eigenvalue weighted by molar-refractivity contribution is 8.18. The van der Waals surface area contributed by atoms with Crippen molar-refractivity contribution in [1.29, 1.82) is 0 Å². The number of amidine groups is 1. The highest BCUT2D eigenvalue weighted by Crippen LogP contribution is 2.32. The van der Waals surface area contributed by atoms with E-state index in [1.54, 1.807) is 56.7 Å². The first-order chi connectivity index (χ1) is 12.1. The summed E-state index contributed by atoms with van der Waals surface area (Å²) in [5.74, 6) is 1.19. The third-order valence-corrected chi connectivity index (χ3v) is 4.34. The average molecular weight is 356 g/mol. The number of amides is 1. The largest absolute Gasteiger partial charge is 0.508 e. The summed E-state index contributed by atoms with van der Waals surface area (Å²) in [6.07, 6.45) is 1.73. The maximum absolute atomic E-state index is 12.2. The van der Waals surface area contributed by atoms with Crippen LogP contribution in [-0.4, -0.2) is 30.4 Å². The van der Waals surface area contributed by atoms with Crippen LogP contribution in [0.25, 0.3) is 6.08 Å². The van der Waals surface area contributed by atoms with Crippen molar-refractivity contribution in [3.8, 4) is 17.2 Å². The van der Waals surface area contributed by atoms with Gasteiger partial charge in [-0.05, 0) is 48.2 Å². The number of carbonyl (C=O) groups excluding carboxylic acids is 1. The Balaban J connectivity index is 1.89. The van der Waals surface area contributed by atoms with Gasteiger partial charge >= 0.3 is 0 Å². The standard InChI is InChI=1S/C18H16N2O4S/c1-23-14-6-7-15(24-2)11(8-14)9-16-17(22)20-18(25-16)19-12-4-3-5-13(21)10-12/h3-10,21H,1-2H3,(H,19,20,22). The van der Waals surface area contributed by atoms with Crippen LogP contribution in [0.15, 0.2) is 52.4 Å². The normalized spacial score (nSPS) is 17.0. The van der Waals surface area contributed by atoms with E-state index in [-0.39, 0.29) is 11.7 Å². The Morgan fingerprint density at radius 1 is 1.16 bits per heavy atom. The summed E-state index contributed by atoms with van der Waals surface area (Å²) < 4.78 is 10.5. The van der Waals surface area contributed by atoms with Crippen molar-refractivity contribution in [2.75, 3.05) is 14.2 Å². The molecule has 25 heavy (non-hydrogen) atoms. The number of benzene rings is 2. The Morgan fingerprint density at radius 3 is 2.72 bits per heavy atom. The van der Waals surface area contributed by atoms with Gasteiger partial charge in [0, 0.05) is 11.6 Å². The number of hydrogen-bond donors (Lipinski definition) is 2. The molecule has 128 valence electrons. The lowest BCUT2D eigenvalue weighted by Gasteiger charge is -2.07. The molecular formula is C18H16N2O4S. The van der Waals surface area contributed by atoms with Crippen molar-refractivity contribution in [3.05, 3.63) is 52.9 Å². The van der Waals surface area contributed by atoms with Gasteiger partial charge in [-0.1, -0.05) is 6.07 Å². The number of thioether (sulfide) groups is 1. The maximum atomic E-state index is 12.2. The molecule has 0 radical (unpaired) electrons. The Morgan fingerprint density at radius 2 is 2.00 bits per heavy atom. The number of nitrogens with zero attached hydrogens (tertiary/aromatic N) is 1. The second kappa shape index (κ2) is 7.31. The highest BCUT2D eigenvalue weighted by Gasteiger charge is 2.24. The average Bonchev–Trinajstić information content (AvgIpc) is 2.94. The van der Waals surface area contributed by atoms with Crippen molar-refractivity contribution < 1.29 is 19.4 Å². The topological polar surface area (TPSA) is 80.2 Å². The van der Waals surface area contributed by atoms with E-state index in [1.807, 2.05) is 0 Å². The fourth-order valence-corrected chi connectivity index (χ4v) is 3.09. The molecule has 0 saturated carbocycles. The van der Waals surface area contributed by atoms with Gasteiger partial charge in [0.2, 0.25) is 0 Å². The second-order valence-corrected chi connectivity index (χ2v) is 6.14. The molecule has 0 aliphatic carbocycles. The van der Waals surface area contributed by atoms with E-state index in [4.69, 9.17) is 9.47 Å². The first kappa shape index (κ1) is 16.9. The Labute approximate surface area is 149 Å². The lowest BCUT2D eigenvalue weighted by Crippen LogP contribution is -2.19. The Bertz CT molecular complexity index is 877.